The van der Waals surface area contributed by atoms with Crippen molar-refractivity contribution in [2.75, 3.05) is 38.6 Å². The van der Waals surface area contributed by atoms with Crippen LogP contribution in [-0.4, -0.2) is 70.2 Å². The van der Waals surface area contributed by atoms with Gasteiger partial charge >= 0.3 is 11.7 Å². The van der Waals surface area contributed by atoms with Crippen molar-refractivity contribution in [2.24, 2.45) is 5.73 Å². The van der Waals surface area contributed by atoms with Crippen LogP contribution in [0.25, 0.3) is 11.1 Å². The summed E-state index contributed by atoms with van der Waals surface area (Å²) in [5.74, 6) is -0.239. The maximum atomic E-state index is 14.3. The van der Waals surface area contributed by atoms with Gasteiger partial charge in [-0.25, -0.2) is 14.0 Å². The van der Waals surface area contributed by atoms with E-state index in [4.69, 9.17) is 22.1 Å². The molecule has 0 radical (unpaired) electrons. The van der Waals surface area contributed by atoms with Gasteiger partial charge in [-0.15, -0.1) is 0 Å². The van der Waals surface area contributed by atoms with Crippen LogP contribution in [0.15, 0.2) is 52.2 Å². The number of nitrogens with one attached hydrogen (secondary N) is 1. The van der Waals surface area contributed by atoms with E-state index in [1.807, 2.05) is 23.1 Å². The van der Waals surface area contributed by atoms with Crippen LogP contribution >= 0.6 is 11.6 Å². The molecule has 0 spiro atoms. The molecule has 1 saturated heterocycles. The molecule has 2 aromatic carbocycles. The number of hydrogen-bond donors (Lipinski definition) is 2. The van der Waals surface area contributed by atoms with E-state index in [0.717, 1.165) is 26.1 Å². The highest BCUT2D eigenvalue weighted by Crippen LogP contribution is 2.34. The van der Waals surface area contributed by atoms with Gasteiger partial charge in [0.05, 0.1) is 23.7 Å². The number of nitrogens with zero attached hydrogens (tertiary/aromatic N) is 4. The fourth-order valence-electron chi connectivity index (χ4n) is 5.97. The molecule has 11 nitrogen and oxygen atoms in total. The third kappa shape index (κ3) is 5.96. The van der Waals surface area contributed by atoms with E-state index in [9.17, 15) is 23.6 Å². The zero-order chi connectivity index (χ0) is 31.7. The summed E-state index contributed by atoms with van der Waals surface area (Å²) in [6.45, 7) is 4.64. The number of rotatable bonds is 7. The topological polar surface area (TPSA) is 132 Å². The quantitative estimate of drug-likeness (QED) is 0.412. The number of methoxy groups -OCH3 is 1. The summed E-state index contributed by atoms with van der Waals surface area (Å²) in [6, 6.07) is 8.74. The van der Waals surface area contributed by atoms with Gasteiger partial charge in [0.2, 0.25) is 5.91 Å². The minimum absolute atomic E-state index is 0.00172. The Hall–Kier alpha value is -4.16. The molecule has 2 aliphatic rings. The number of hydrogen-bond acceptors (Lipinski definition) is 6. The minimum atomic E-state index is -0.713. The van der Waals surface area contributed by atoms with E-state index in [-0.39, 0.29) is 53.1 Å². The van der Waals surface area contributed by atoms with Gasteiger partial charge in [0.15, 0.2) is 0 Å². The fraction of sp³-hybridized carbons (Fsp3) is 0.419. The van der Waals surface area contributed by atoms with Crippen molar-refractivity contribution in [1.29, 1.82) is 0 Å². The van der Waals surface area contributed by atoms with E-state index in [0.29, 0.717) is 32.5 Å². The van der Waals surface area contributed by atoms with Gasteiger partial charge in [-0.2, -0.15) is 0 Å². The maximum Gasteiger partial charge on any atom is 0.331 e. The average Bonchev–Trinajstić information content (AvgIpc) is 3.14. The Bertz CT molecular complexity index is 1700. The molecule has 234 valence electrons. The lowest BCUT2D eigenvalue weighted by Gasteiger charge is -2.38. The zero-order valence-corrected chi connectivity index (χ0v) is 25.6. The van der Waals surface area contributed by atoms with Gasteiger partial charge in [0, 0.05) is 55.6 Å². The third-order valence-electron chi connectivity index (χ3n) is 8.54. The Kier molecular flexibility index (Phi) is 9.12. The van der Waals surface area contributed by atoms with Gasteiger partial charge in [-0.1, -0.05) is 30.7 Å². The molecule has 3 amide bonds. The zero-order valence-electron chi connectivity index (χ0n) is 24.9. The number of anilines is 1. The molecule has 2 atom stereocenters. The van der Waals surface area contributed by atoms with Crippen molar-refractivity contribution in [2.45, 2.75) is 51.2 Å². The molecule has 1 aromatic heterocycles. The predicted octanol–water partition coefficient (Wildman–Crippen LogP) is 3.64. The van der Waals surface area contributed by atoms with Crippen LogP contribution in [0.2, 0.25) is 5.02 Å². The monoisotopic (exact) mass is 626 g/mol. The molecule has 3 heterocycles. The summed E-state index contributed by atoms with van der Waals surface area (Å²) in [4.78, 5) is 56.8. The summed E-state index contributed by atoms with van der Waals surface area (Å²) in [7, 11) is 1.61. The molecule has 3 aromatic rings. The number of fused-ring (bicyclic) bond motifs is 1. The van der Waals surface area contributed by atoms with Crippen molar-refractivity contribution in [3.8, 4) is 16.9 Å². The number of carbonyl (C=O) groups is 2. The SMILES string of the molecule is COc1ccc2c(c1)C(C)CN(C1CCN(C(=O)Cn3cc(-c4cccc(F)c4Cl)c(=O)n([C@@H](C)CN)c3=O)CC1)C(=O)N2. The van der Waals surface area contributed by atoms with Gasteiger partial charge in [0.25, 0.3) is 5.56 Å². The fourth-order valence-corrected chi connectivity index (χ4v) is 6.19. The second kappa shape index (κ2) is 12.8. The molecule has 1 fully saturated rings. The lowest BCUT2D eigenvalue weighted by Crippen LogP contribution is -2.51. The number of urea groups is 1. The largest absolute Gasteiger partial charge is 0.497 e. The lowest BCUT2D eigenvalue weighted by molar-refractivity contribution is -0.133. The molecule has 0 saturated carbocycles. The van der Waals surface area contributed by atoms with Crippen molar-refractivity contribution >= 4 is 29.2 Å². The summed E-state index contributed by atoms with van der Waals surface area (Å²) >= 11 is 6.18. The van der Waals surface area contributed by atoms with Gasteiger partial charge in [-0.05, 0) is 49.6 Å². The average molecular weight is 627 g/mol. The highest BCUT2D eigenvalue weighted by atomic mass is 35.5. The molecule has 0 bridgehead atoms. The van der Waals surface area contributed by atoms with E-state index >= 15 is 0 Å². The summed E-state index contributed by atoms with van der Waals surface area (Å²) in [5, 5.41) is 2.76. The Morgan fingerprint density at radius 1 is 1.16 bits per heavy atom. The first-order valence-corrected chi connectivity index (χ1v) is 15.0. The van der Waals surface area contributed by atoms with Crippen LogP contribution in [0.4, 0.5) is 14.9 Å². The molecule has 5 rings (SSSR count). The second-order valence-electron chi connectivity index (χ2n) is 11.4. The van der Waals surface area contributed by atoms with Crippen LogP contribution in [0.5, 0.6) is 5.75 Å². The molecule has 3 N–H and O–H groups in total. The van der Waals surface area contributed by atoms with Gasteiger partial charge < -0.3 is 25.6 Å². The van der Waals surface area contributed by atoms with Crippen LogP contribution in [-0.2, 0) is 11.3 Å². The number of carbonyl (C=O) groups excluding carboxylic acids is 2. The number of halogens is 2. The normalized spacial score (nSPS) is 18.0. The number of nitrogens with two attached hydrogens (primary N) is 1. The van der Waals surface area contributed by atoms with Gasteiger partial charge in [-0.3, -0.25) is 18.7 Å². The van der Waals surface area contributed by atoms with Crippen LogP contribution in [0.3, 0.4) is 0 Å². The van der Waals surface area contributed by atoms with E-state index in [1.54, 1.807) is 18.9 Å². The van der Waals surface area contributed by atoms with E-state index in [2.05, 4.69) is 12.2 Å². The first-order valence-electron chi connectivity index (χ1n) is 14.6. The first kappa shape index (κ1) is 31.3. The Labute approximate surface area is 259 Å². The number of ether oxygens (including phenoxy) is 1. The Morgan fingerprint density at radius 2 is 1.89 bits per heavy atom. The predicted molar refractivity (Wildman–Crippen MR) is 166 cm³/mol. The lowest BCUT2D eigenvalue weighted by atomic mass is 9.97. The summed E-state index contributed by atoms with van der Waals surface area (Å²) in [5.41, 5.74) is 6.28. The van der Waals surface area contributed by atoms with Crippen LogP contribution in [0, 0.1) is 5.82 Å². The Balaban J connectivity index is 1.33. The van der Waals surface area contributed by atoms with Crippen molar-refractivity contribution in [1.82, 2.24) is 18.9 Å². The molecule has 13 heteroatoms. The second-order valence-corrected chi connectivity index (χ2v) is 11.7. The summed E-state index contributed by atoms with van der Waals surface area (Å²) < 4.78 is 21.8. The van der Waals surface area contributed by atoms with E-state index < -0.39 is 23.1 Å². The van der Waals surface area contributed by atoms with Crippen LogP contribution < -0.4 is 27.0 Å². The number of aromatic nitrogens is 2. The van der Waals surface area contributed by atoms with Crippen LogP contribution in [0.1, 0.15) is 44.2 Å². The molecule has 0 aliphatic carbocycles. The molecule has 1 unspecified atom stereocenters. The third-order valence-corrected chi connectivity index (χ3v) is 8.92. The number of amides is 3. The highest BCUT2D eigenvalue weighted by molar-refractivity contribution is 6.33. The maximum absolute atomic E-state index is 14.3. The van der Waals surface area contributed by atoms with E-state index in [1.165, 1.54) is 24.4 Å². The Morgan fingerprint density at radius 3 is 2.57 bits per heavy atom. The van der Waals surface area contributed by atoms with Crippen molar-refractivity contribution < 1.29 is 18.7 Å². The highest BCUT2D eigenvalue weighted by Gasteiger charge is 2.34. The first-order chi connectivity index (χ1) is 21.0. The number of benzene rings is 2. The van der Waals surface area contributed by atoms with Gasteiger partial charge in [0.1, 0.15) is 18.1 Å². The smallest absolute Gasteiger partial charge is 0.331 e. The standard InChI is InChI=1S/C31H36ClFN6O5/c1-18-15-38(30(42)35-26-8-7-21(44-3)13-23(18)26)20-9-11-36(12-10-20)27(40)17-37-16-24(22-5-4-6-25(33)28(22)32)29(41)39(31(37)43)19(2)14-34/h4-8,13,16,18-20H,9-12,14-15,17,34H2,1-3H3,(H,35,42)/t18?,19-/m0/s1. The molecule has 2 aliphatic heterocycles. The minimum Gasteiger partial charge on any atom is -0.497 e. The number of likely N-dealkylation sites (tertiary alicyclic amines) is 1. The molecule has 44 heavy (non-hydrogen) atoms. The van der Waals surface area contributed by atoms with Crippen molar-refractivity contribution in [3.63, 3.8) is 0 Å². The number of piperidine rings is 1. The van der Waals surface area contributed by atoms with Crippen molar-refractivity contribution in [3.05, 3.63) is 79.8 Å². The molecular weight excluding hydrogens is 591 g/mol. The molecular formula is C31H36ClFN6O5. The summed E-state index contributed by atoms with van der Waals surface area (Å²) in [6.07, 6.45) is 2.38.